The van der Waals surface area contributed by atoms with E-state index in [-0.39, 0.29) is 6.61 Å². The Morgan fingerprint density at radius 1 is 1.33 bits per heavy atom. The van der Waals surface area contributed by atoms with Crippen molar-refractivity contribution in [2.45, 2.75) is 18.9 Å². The number of hydrogen-bond donors (Lipinski definition) is 1. The zero-order valence-electron chi connectivity index (χ0n) is 9.49. The van der Waals surface area contributed by atoms with Gasteiger partial charge in [0, 0.05) is 13.5 Å². The third-order valence-corrected chi connectivity index (χ3v) is 2.54. The topological polar surface area (TPSA) is 38.7 Å². The molecule has 1 aromatic rings. The normalized spacial score (nSPS) is 14.7. The van der Waals surface area contributed by atoms with Crippen LogP contribution in [0.2, 0.25) is 0 Å². The maximum Gasteiger partial charge on any atom is 0.119 e. The highest BCUT2D eigenvalue weighted by atomic mass is 16.5. The number of aliphatic hydroxyl groups is 1. The summed E-state index contributed by atoms with van der Waals surface area (Å²) in [5, 5.41) is 9.22. The van der Waals surface area contributed by atoms with Crippen molar-refractivity contribution >= 4 is 0 Å². The van der Waals surface area contributed by atoms with Gasteiger partial charge in [-0.2, -0.15) is 0 Å². The van der Waals surface area contributed by atoms with E-state index in [1.807, 2.05) is 31.2 Å². The van der Waals surface area contributed by atoms with Crippen LogP contribution in [0.15, 0.2) is 24.3 Å². The van der Waals surface area contributed by atoms with Crippen LogP contribution in [-0.2, 0) is 11.2 Å². The van der Waals surface area contributed by atoms with Gasteiger partial charge < -0.3 is 14.6 Å². The summed E-state index contributed by atoms with van der Waals surface area (Å²) < 4.78 is 10.4. The summed E-state index contributed by atoms with van der Waals surface area (Å²) in [6.45, 7) is 1.88. The smallest absolute Gasteiger partial charge is 0.119 e. The first-order valence-corrected chi connectivity index (χ1v) is 4.92. The Kier molecular flexibility index (Phi) is 4.12. The molecule has 0 bridgehead atoms. The van der Waals surface area contributed by atoms with Crippen LogP contribution in [0.1, 0.15) is 12.5 Å². The lowest BCUT2D eigenvalue weighted by molar-refractivity contribution is -0.0368. The van der Waals surface area contributed by atoms with E-state index in [0.717, 1.165) is 11.3 Å². The number of ether oxygens (including phenoxy) is 2. The molecule has 0 fully saturated rings. The Labute approximate surface area is 90.6 Å². The fourth-order valence-electron chi connectivity index (χ4n) is 1.41. The summed E-state index contributed by atoms with van der Waals surface area (Å²) in [5.74, 6) is 0.823. The van der Waals surface area contributed by atoms with E-state index in [9.17, 15) is 5.11 Å². The molecule has 0 aromatic heterocycles. The predicted octanol–water partition coefficient (Wildman–Crippen LogP) is 1.64. The molecule has 0 aliphatic rings. The number of methoxy groups -OCH3 is 2. The summed E-state index contributed by atoms with van der Waals surface area (Å²) in [5.41, 5.74) is 0.569. The Morgan fingerprint density at radius 2 is 2.07 bits per heavy atom. The van der Waals surface area contributed by atoms with Crippen LogP contribution in [0.4, 0.5) is 0 Å². The van der Waals surface area contributed by atoms with Gasteiger partial charge in [0.2, 0.25) is 0 Å². The van der Waals surface area contributed by atoms with Crippen molar-refractivity contribution in [2.24, 2.45) is 0 Å². The van der Waals surface area contributed by atoms with Crippen LogP contribution in [0.25, 0.3) is 0 Å². The van der Waals surface area contributed by atoms with E-state index in [1.54, 1.807) is 14.2 Å². The fraction of sp³-hybridized carbons (Fsp3) is 0.500. The van der Waals surface area contributed by atoms with Crippen molar-refractivity contribution in [3.8, 4) is 5.75 Å². The van der Waals surface area contributed by atoms with Crippen LogP contribution < -0.4 is 4.74 Å². The summed E-state index contributed by atoms with van der Waals surface area (Å²) in [6, 6.07) is 7.77. The monoisotopic (exact) mass is 210 g/mol. The van der Waals surface area contributed by atoms with E-state index < -0.39 is 5.60 Å². The minimum Gasteiger partial charge on any atom is -0.497 e. The van der Waals surface area contributed by atoms with Crippen LogP contribution in [0.5, 0.6) is 5.75 Å². The van der Waals surface area contributed by atoms with Crippen molar-refractivity contribution in [3.05, 3.63) is 29.8 Å². The molecule has 1 atom stereocenters. The average molecular weight is 210 g/mol. The summed E-state index contributed by atoms with van der Waals surface area (Å²) in [7, 11) is 3.25. The quantitative estimate of drug-likeness (QED) is 0.803. The van der Waals surface area contributed by atoms with E-state index in [0.29, 0.717) is 6.42 Å². The molecule has 0 aliphatic carbocycles. The molecule has 3 nitrogen and oxygen atoms in total. The molecule has 0 spiro atoms. The Hall–Kier alpha value is -1.06. The van der Waals surface area contributed by atoms with Crippen molar-refractivity contribution in [1.82, 2.24) is 0 Å². The third kappa shape index (κ3) is 3.22. The first kappa shape index (κ1) is 12.0. The number of hydrogen-bond acceptors (Lipinski definition) is 3. The van der Waals surface area contributed by atoms with Gasteiger partial charge in [0.1, 0.15) is 5.75 Å². The maximum atomic E-state index is 9.22. The summed E-state index contributed by atoms with van der Waals surface area (Å²) >= 11 is 0. The molecule has 0 saturated carbocycles. The molecule has 0 amide bonds. The molecule has 0 saturated heterocycles. The van der Waals surface area contributed by atoms with Crippen LogP contribution in [0.3, 0.4) is 0 Å². The standard InChI is InChI=1S/C12H18O3/c1-12(9-13,15-3)8-10-5-4-6-11(7-10)14-2/h4-7,13H,8-9H2,1-3H3. The SMILES string of the molecule is COc1cccc(CC(C)(CO)OC)c1. The van der Waals surface area contributed by atoms with Crippen molar-refractivity contribution in [3.63, 3.8) is 0 Å². The number of benzene rings is 1. The molecular weight excluding hydrogens is 192 g/mol. The minimum atomic E-state index is -0.521. The van der Waals surface area contributed by atoms with Gasteiger partial charge in [-0.25, -0.2) is 0 Å². The van der Waals surface area contributed by atoms with Gasteiger partial charge in [-0.05, 0) is 24.6 Å². The molecule has 1 aromatic carbocycles. The second-order valence-electron chi connectivity index (χ2n) is 3.84. The van der Waals surface area contributed by atoms with E-state index in [1.165, 1.54) is 0 Å². The Morgan fingerprint density at radius 3 is 2.60 bits per heavy atom. The lowest BCUT2D eigenvalue weighted by Crippen LogP contribution is -2.34. The lowest BCUT2D eigenvalue weighted by atomic mass is 9.97. The summed E-state index contributed by atoms with van der Waals surface area (Å²) in [6.07, 6.45) is 0.664. The van der Waals surface area contributed by atoms with Crippen molar-refractivity contribution in [1.29, 1.82) is 0 Å². The zero-order chi connectivity index (χ0) is 11.3. The molecule has 3 heteroatoms. The number of aliphatic hydroxyl groups excluding tert-OH is 1. The Balaban J connectivity index is 2.79. The first-order chi connectivity index (χ1) is 7.13. The van der Waals surface area contributed by atoms with Gasteiger partial charge in [-0.15, -0.1) is 0 Å². The van der Waals surface area contributed by atoms with Crippen LogP contribution in [-0.4, -0.2) is 31.5 Å². The van der Waals surface area contributed by atoms with Gasteiger partial charge in [0.15, 0.2) is 0 Å². The van der Waals surface area contributed by atoms with Crippen LogP contribution >= 0.6 is 0 Å². The number of rotatable bonds is 5. The molecule has 0 radical (unpaired) electrons. The van der Waals surface area contributed by atoms with Gasteiger partial charge in [-0.3, -0.25) is 0 Å². The summed E-state index contributed by atoms with van der Waals surface area (Å²) in [4.78, 5) is 0. The van der Waals surface area contributed by atoms with Gasteiger partial charge in [0.05, 0.1) is 19.3 Å². The van der Waals surface area contributed by atoms with E-state index in [4.69, 9.17) is 9.47 Å². The molecule has 1 rings (SSSR count). The van der Waals surface area contributed by atoms with Gasteiger partial charge in [-0.1, -0.05) is 12.1 Å². The average Bonchev–Trinajstić information content (AvgIpc) is 2.29. The molecule has 0 aliphatic heterocycles. The van der Waals surface area contributed by atoms with Crippen molar-refractivity contribution in [2.75, 3.05) is 20.8 Å². The molecular formula is C12H18O3. The van der Waals surface area contributed by atoms with Gasteiger partial charge >= 0.3 is 0 Å². The van der Waals surface area contributed by atoms with Crippen LogP contribution in [0, 0.1) is 0 Å². The second kappa shape index (κ2) is 5.14. The van der Waals surface area contributed by atoms with E-state index in [2.05, 4.69) is 0 Å². The van der Waals surface area contributed by atoms with Gasteiger partial charge in [0.25, 0.3) is 0 Å². The molecule has 84 valence electrons. The molecule has 15 heavy (non-hydrogen) atoms. The minimum absolute atomic E-state index is 0.000704. The first-order valence-electron chi connectivity index (χ1n) is 4.92. The lowest BCUT2D eigenvalue weighted by Gasteiger charge is -2.25. The maximum absolute atomic E-state index is 9.22. The highest BCUT2D eigenvalue weighted by Gasteiger charge is 2.22. The fourth-order valence-corrected chi connectivity index (χ4v) is 1.41. The highest BCUT2D eigenvalue weighted by Crippen LogP contribution is 2.19. The second-order valence-corrected chi connectivity index (χ2v) is 3.84. The zero-order valence-corrected chi connectivity index (χ0v) is 9.49. The molecule has 0 heterocycles. The highest BCUT2D eigenvalue weighted by molar-refractivity contribution is 5.29. The predicted molar refractivity (Wildman–Crippen MR) is 59.2 cm³/mol. The molecule has 1 unspecified atom stereocenters. The molecule has 1 N–H and O–H groups in total. The van der Waals surface area contributed by atoms with Crippen molar-refractivity contribution < 1.29 is 14.6 Å². The third-order valence-electron chi connectivity index (χ3n) is 2.54. The Bertz CT molecular complexity index is 305. The van der Waals surface area contributed by atoms with E-state index >= 15 is 0 Å². The largest absolute Gasteiger partial charge is 0.497 e.